The summed E-state index contributed by atoms with van der Waals surface area (Å²) in [4.78, 5) is 41.6. The highest BCUT2D eigenvalue weighted by Gasteiger charge is 2.22. The molecule has 0 aromatic heterocycles. The number of hydrogen-bond donors (Lipinski definition) is 2. The Morgan fingerprint density at radius 1 is 0.812 bits per heavy atom. The summed E-state index contributed by atoms with van der Waals surface area (Å²) < 4.78 is 25.7. The molecule has 0 saturated carbocycles. The zero-order valence-corrected chi connectivity index (χ0v) is 20.7. The van der Waals surface area contributed by atoms with Crippen LogP contribution in [0.25, 0.3) is 0 Å². The van der Waals surface area contributed by atoms with Crippen molar-refractivity contribution >= 4 is 19.8 Å². The summed E-state index contributed by atoms with van der Waals surface area (Å²) >= 11 is 0. The minimum atomic E-state index is -4.72. The molecule has 1 atom stereocenters. The third kappa shape index (κ3) is 22.0. The number of phosphoric ester groups is 1. The lowest BCUT2D eigenvalue weighted by molar-refractivity contribution is -0.161. The number of ether oxygens (including phenoxy) is 2. The normalized spacial score (nSPS) is 12.8. The van der Waals surface area contributed by atoms with E-state index in [4.69, 9.17) is 19.3 Å². The molecule has 0 unspecified atom stereocenters. The van der Waals surface area contributed by atoms with E-state index in [0.29, 0.717) is 12.8 Å². The SMILES string of the molecule is CC/C=C/CCCCCCCCCC(=O)O[C@H](COC(=O)CCCCC)COP(=O)(O)O. The third-order valence-corrected chi connectivity index (χ3v) is 5.28. The lowest BCUT2D eigenvalue weighted by Crippen LogP contribution is -2.29. The van der Waals surface area contributed by atoms with Crippen LogP contribution in [-0.4, -0.2) is 41.0 Å². The number of carbonyl (C=O) groups excluding carboxylic acids is 2. The molecule has 32 heavy (non-hydrogen) atoms. The summed E-state index contributed by atoms with van der Waals surface area (Å²) in [5.41, 5.74) is 0. The van der Waals surface area contributed by atoms with Gasteiger partial charge in [-0.05, 0) is 32.1 Å². The Labute approximate surface area is 193 Å². The van der Waals surface area contributed by atoms with E-state index < -0.39 is 32.5 Å². The van der Waals surface area contributed by atoms with Crippen molar-refractivity contribution in [3.8, 4) is 0 Å². The van der Waals surface area contributed by atoms with Crippen LogP contribution in [0, 0.1) is 0 Å². The number of unbranched alkanes of at least 4 members (excludes halogenated alkanes) is 9. The Bertz CT molecular complexity index is 558. The fourth-order valence-corrected chi connectivity index (χ4v) is 3.38. The van der Waals surface area contributed by atoms with Crippen molar-refractivity contribution in [2.24, 2.45) is 0 Å². The molecule has 0 aliphatic heterocycles. The minimum Gasteiger partial charge on any atom is -0.462 e. The predicted molar refractivity (Wildman–Crippen MR) is 124 cm³/mol. The van der Waals surface area contributed by atoms with Gasteiger partial charge in [0.05, 0.1) is 6.61 Å². The topological polar surface area (TPSA) is 119 Å². The molecule has 2 N–H and O–H groups in total. The maximum Gasteiger partial charge on any atom is 0.469 e. The van der Waals surface area contributed by atoms with Crippen molar-refractivity contribution in [1.29, 1.82) is 0 Å². The van der Waals surface area contributed by atoms with E-state index in [9.17, 15) is 14.2 Å². The van der Waals surface area contributed by atoms with Crippen LogP contribution in [0.4, 0.5) is 0 Å². The summed E-state index contributed by atoms with van der Waals surface area (Å²) in [7, 11) is -4.72. The van der Waals surface area contributed by atoms with Gasteiger partial charge in [-0.3, -0.25) is 14.1 Å². The Balaban J connectivity index is 4.07. The summed E-state index contributed by atoms with van der Waals surface area (Å²) in [6.45, 7) is 3.33. The molecule has 0 rings (SSSR count). The maximum atomic E-state index is 12.1. The molecule has 9 heteroatoms. The van der Waals surface area contributed by atoms with Crippen LogP contribution >= 0.6 is 7.82 Å². The lowest BCUT2D eigenvalue weighted by atomic mass is 10.1. The van der Waals surface area contributed by atoms with E-state index in [-0.39, 0.29) is 19.4 Å². The average molecular weight is 479 g/mol. The molecule has 0 heterocycles. The van der Waals surface area contributed by atoms with Crippen molar-refractivity contribution in [1.82, 2.24) is 0 Å². The summed E-state index contributed by atoms with van der Waals surface area (Å²) in [6.07, 6.45) is 16.1. The first kappa shape index (κ1) is 30.8. The summed E-state index contributed by atoms with van der Waals surface area (Å²) in [5, 5.41) is 0. The maximum absolute atomic E-state index is 12.1. The predicted octanol–water partition coefficient (Wildman–Crippen LogP) is 5.61. The first-order valence-corrected chi connectivity index (χ1v) is 13.5. The number of carbonyl (C=O) groups is 2. The molecule has 0 spiro atoms. The van der Waals surface area contributed by atoms with E-state index in [1.54, 1.807) is 0 Å². The van der Waals surface area contributed by atoms with E-state index in [1.165, 1.54) is 19.3 Å². The molecule has 188 valence electrons. The minimum absolute atomic E-state index is 0.207. The summed E-state index contributed by atoms with van der Waals surface area (Å²) in [6, 6.07) is 0. The van der Waals surface area contributed by atoms with Gasteiger partial charge in [0.25, 0.3) is 0 Å². The number of hydrogen-bond acceptors (Lipinski definition) is 6. The van der Waals surface area contributed by atoms with Crippen molar-refractivity contribution in [2.45, 2.75) is 110 Å². The molecule has 0 aliphatic carbocycles. The Hall–Kier alpha value is -1.21. The van der Waals surface area contributed by atoms with Gasteiger partial charge in [-0.1, -0.05) is 70.9 Å². The fourth-order valence-electron chi connectivity index (χ4n) is 3.02. The second-order valence-electron chi connectivity index (χ2n) is 7.93. The second-order valence-corrected chi connectivity index (χ2v) is 9.17. The lowest BCUT2D eigenvalue weighted by Gasteiger charge is -2.18. The molecule has 0 radical (unpaired) electrons. The van der Waals surface area contributed by atoms with Crippen LogP contribution in [0.2, 0.25) is 0 Å². The van der Waals surface area contributed by atoms with Gasteiger partial charge in [0.15, 0.2) is 6.10 Å². The van der Waals surface area contributed by atoms with Crippen LogP contribution in [-0.2, 0) is 28.2 Å². The third-order valence-electron chi connectivity index (χ3n) is 4.80. The quantitative estimate of drug-likeness (QED) is 0.0946. The number of esters is 2. The standard InChI is InChI=1S/C23H43O8P/c1-3-5-7-8-9-10-11-12-13-14-16-18-23(25)31-21(20-30-32(26,27)28)19-29-22(24)17-15-6-4-2/h5,7,21H,3-4,6,8-20H2,1-2H3,(H2,26,27,28)/b7-5+/t21-/m1/s1. The van der Waals surface area contributed by atoms with Gasteiger partial charge in [-0.25, -0.2) is 4.57 Å². The molecule has 0 aliphatic rings. The van der Waals surface area contributed by atoms with Gasteiger partial charge in [0.2, 0.25) is 0 Å². The van der Waals surface area contributed by atoms with E-state index in [0.717, 1.165) is 44.9 Å². The molecule has 0 bridgehead atoms. The van der Waals surface area contributed by atoms with Gasteiger partial charge >= 0.3 is 19.8 Å². The smallest absolute Gasteiger partial charge is 0.462 e. The molecule has 0 aromatic rings. The van der Waals surface area contributed by atoms with Crippen molar-refractivity contribution in [3.05, 3.63) is 12.2 Å². The summed E-state index contributed by atoms with van der Waals surface area (Å²) in [5.74, 6) is -0.925. The van der Waals surface area contributed by atoms with Crippen LogP contribution in [0.1, 0.15) is 104 Å². The highest BCUT2D eigenvalue weighted by molar-refractivity contribution is 7.46. The first-order valence-electron chi connectivity index (χ1n) is 12.0. The van der Waals surface area contributed by atoms with Gasteiger partial charge in [-0.15, -0.1) is 0 Å². The molecule has 8 nitrogen and oxygen atoms in total. The van der Waals surface area contributed by atoms with Crippen molar-refractivity contribution in [2.75, 3.05) is 13.2 Å². The van der Waals surface area contributed by atoms with Gasteiger partial charge in [-0.2, -0.15) is 0 Å². The van der Waals surface area contributed by atoms with E-state index >= 15 is 0 Å². The Morgan fingerprint density at radius 3 is 2.03 bits per heavy atom. The van der Waals surface area contributed by atoms with Crippen molar-refractivity contribution in [3.63, 3.8) is 0 Å². The fraction of sp³-hybridized carbons (Fsp3) is 0.826. The first-order chi connectivity index (χ1) is 15.3. The number of rotatable bonds is 21. The molecule has 0 aromatic carbocycles. The Morgan fingerprint density at radius 2 is 1.41 bits per heavy atom. The van der Waals surface area contributed by atoms with Gasteiger partial charge in [0, 0.05) is 12.8 Å². The zero-order chi connectivity index (χ0) is 24.1. The molecular weight excluding hydrogens is 435 g/mol. The van der Waals surface area contributed by atoms with E-state index in [1.807, 2.05) is 6.92 Å². The monoisotopic (exact) mass is 478 g/mol. The largest absolute Gasteiger partial charge is 0.469 e. The average Bonchev–Trinajstić information content (AvgIpc) is 2.73. The Kier molecular flexibility index (Phi) is 19.6. The number of phosphoric acid groups is 1. The van der Waals surface area contributed by atoms with Crippen LogP contribution < -0.4 is 0 Å². The van der Waals surface area contributed by atoms with Crippen molar-refractivity contribution < 1.29 is 37.9 Å². The molecule has 0 amide bonds. The molecule has 0 fully saturated rings. The number of allylic oxidation sites excluding steroid dienone is 2. The van der Waals surface area contributed by atoms with Gasteiger partial charge in [0.1, 0.15) is 6.61 Å². The van der Waals surface area contributed by atoms with E-state index in [2.05, 4.69) is 23.6 Å². The van der Waals surface area contributed by atoms with Crippen LogP contribution in [0.5, 0.6) is 0 Å². The zero-order valence-electron chi connectivity index (χ0n) is 19.8. The molecular formula is C23H43O8P. The highest BCUT2D eigenvalue weighted by Crippen LogP contribution is 2.35. The van der Waals surface area contributed by atoms with Crippen LogP contribution in [0.3, 0.4) is 0 Å². The highest BCUT2D eigenvalue weighted by atomic mass is 31.2. The van der Waals surface area contributed by atoms with Gasteiger partial charge < -0.3 is 19.3 Å². The van der Waals surface area contributed by atoms with Crippen LogP contribution in [0.15, 0.2) is 12.2 Å². The second kappa shape index (κ2) is 20.4. The molecule has 0 saturated heterocycles.